The van der Waals surface area contributed by atoms with Crippen LogP contribution in [-0.4, -0.2) is 40.7 Å². The molecule has 2 atom stereocenters. The van der Waals surface area contributed by atoms with Crippen molar-refractivity contribution in [2.75, 3.05) is 13.1 Å². The lowest BCUT2D eigenvalue weighted by atomic mass is 9.80. The topological polar surface area (TPSA) is 49.8 Å². The molecule has 2 aromatic rings. The summed E-state index contributed by atoms with van der Waals surface area (Å²) in [7, 11) is 0. The highest BCUT2D eigenvalue weighted by Crippen LogP contribution is 2.43. The maximum atomic E-state index is 14.2. The van der Waals surface area contributed by atoms with Crippen molar-refractivity contribution in [3.05, 3.63) is 71.0 Å². The summed E-state index contributed by atoms with van der Waals surface area (Å²) in [6.45, 7) is 2.80. The van der Waals surface area contributed by atoms with E-state index in [0.29, 0.717) is 38.8 Å². The van der Waals surface area contributed by atoms with Crippen LogP contribution in [0.5, 0.6) is 0 Å². The highest BCUT2D eigenvalue weighted by atomic mass is 19.1. The third-order valence-corrected chi connectivity index (χ3v) is 5.97. The molecule has 5 heteroatoms. The lowest BCUT2D eigenvalue weighted by Gasteiger charge is -2.48. The second kappa shape index (κ2) is 7.64. The fraction of sp³-hybridized carbons (Fsp3) is 0.435. The van der Waals surface area contributed by atoms with Gasteiger partial charge >= 0.3 is 0 Å². The number of carbonyl (C=O) groups excluding carboxylic acids is 1. The molecule has 0 bridgehead atoms. The second-order valence-corrected chi connectivity index (χ2v) is 8.07. The van der Waals surface area contributed by atoms with Crippen LogP contribution in [-0.2, 0) is 4.74 Å². The van der Waals surface area contributed by atoms with E-state index in [1.807, 2.05) is 30.3 Å². The predicted octanol–water partition coefficient (Wildman–Crippen LogP) is 4.02. The number of aliphatic hydroxyl groups excluding tert-OH is 1. The van der Waals surface area contributed by atoms with Crippen LogP contribution in [0.4, 0.5) is 4.39 Å². The first-order chi connectivity index (χ1) is 13.5. The van der Waals surface area contributed by atoms with Gasteiger partial charge in [-0.05, 0) is 43.0 Å². The molecular formula is C23H26FNO3. The maximum absolute atomic E-state index is 14.2. The van der Waals surface area contributed by atoms with E-state index in [2.05, 4.69) is 0 Å². The van der Waals surface area contributed by atoms with Crippen LogP contribution in [0.1, 0.15) is 53.3 Å². The number of amides is 1. The van der Waals surface area contributed by atoms with Crippen molar-refractivity contribution in [2.45, 2.75) is 50.4 Å². The van der Waals surface area contributed by atoms with Crippen molar-refractivity contribution < 1.29 is 19.0 Å². The number of carbonyl (C=O) groups is 1. The molecule has 0 radical (unpaired) electrons. The monoisotopic (exact) mass is 383 g/mol. The van der Waals surface area contributed by atoms with Crippen LogP contribution in [0.25, 0.3) is 0 Å². The predicted molar refractivity (Wildman–Crippen MR) is 105 cm³/mol. The number of aliphatic hydroxyl groups is 1. The summed E-state index contributed by atoms with van der Waals surface area (Å²) >= 11 is 0. The lowest BCUT2D eigenvalue weighted by molar-refractivity contribution is -0.181. The molecular weight excluding hydrogens is 357 g/mol. The number of likely N-dealkylation sites (tertiary alicyclic amines) is 1. The number of aryl methyl sites for hydroxylation is 1. The molecule has 2 aliphatic heterocycles. The maximum Gasteiger partial charge on any atom is 0.256 e. The number of halogens is 1. The summed E-state index contributed by atoms with van der Waals surface area (Å²) in [6.07, 6.45) is 1.90. The van der Waals surface area contributed by atoms with E-state index in [1.54, 1.807) is 24.0 Å². The average Bonchev–Trinajstić information content (AvgIpc) is 2.68. The largest absolute Gasteiger partial charge is 0.393 e. The smallest absolute Gasteiger partial charge is 0.256 e. The van der Waals surface area contributed by atoms with Gasteiger partial charge in [-0.15, -0.1) is 0 Å². The zero-order valence-corrected chi connectivity index (χ0v) is 16.1. The third-order valence-electron chi connectivity index (χ3n) is 5.97. The Hall–Kier alpha value is -2.24. The number of benzene rings is 2. The molecule has 4 rings (SSSR count). The van der Waals surface area contributed by atoms with Crippen molar-refractivity contribution in [3.63, 3.8) is 0 Å². The van der Waals surface area contributed by atoms with Gasteiger partial charge in [0.25, 0.3) is 5.91 Å². The van der Waals surface area contributed by atoms with Crippen LogP contribution in [0.15, 0.2) is 48.5 Å². The molecule has 0 saturated carbocycles. The zero-order chi connectivity index (χ0) is 19.7. The van der Waals surface area contributed by atoms with Crippen molar-refractivity contribution in [1.82, 2.24) is 4.90 Å². The van der Waals surface area contributed by atoms with Gasteiger partial charge in [0.1, 0.15) is 5.82 Å². The van der Waals surface area contributed by atoms with Crippen LogP contribution in [0.2, 0.25) is 0 Å². The van der Waals surface area contributed by atoms with Crippen molar-refractivity contribution in [1.29, 1.82) is 0 Å². The summed E-state index contributed by atoms with van der Waals surface area (Å²) in [5.41, 5.74) is 1.55. The standard InChI is InChI=1S/C23H26FNO3/c1-16-7-8-19(20(24)13-16)22(27)25-11-9-23(10-12-25)15-18(26)14-21(28-23)17-5-3-2-4-6-17/h2-8,13,18,21,26H,9-12,14-15H2,1H3/t18-,21-/m1/s1. The fourth-order valence-electron chi connectivity index (χ4n) is 4.43. The van der Waals surface area contributed by atoms with Crippen molar-refractivity contribution in [3.8, 4) is 0 Å². The van der Waals surface area contributed by atoms with Crippen molar-refractivity contribution >= 4 is 5.91 Å². The molecule has 0 unspecified atom stereocenters. The molecule has 0 aromatic heterocycles. The summed E-state index contributed by atoms with van der Waals surface area (Å²) < 4.78 is 20.7. The summed E-state index contributed by atoms with van der Waals surface area (Å²) in [5, 5.41) is 10.5. The Kier molecular flexibility index (Phi) is 5.21. The summed E-state index contributed by atoms with van der Waals surface area (Å²) in [6, 6.07) is 14.7. The summed E-state index contributed by atoms with van der Waals surface area (Å²) in [4.78, 5) is 14.4. The fourth-order valence-corrected chi connectivity index (χ4v) is 4.43. The van der Waals surface area contributed by atoms with E-state index >= 15 is 0 Å². The molecule has 0 aliphatic carbocycles. The Morgan fingerprint density at radius 2 is 1.89 bits per heavy atom. The molecule has 1 N–H and O–H groups in total. The number of hydrogen-bond acceptors (Lipinski definition) is 3. The minimum atomic E-state index is -0.473. The molecule has 2 aliphatic rings. The van der Waals surface area contributed by atoms with E-state index in [4.69, 9.17) is 4.74 Å². The normalized spacial score (nSPS) is 24.3. The molecule has 2 aromatic carbocycles. The first-order valence-electron chi connectivity index (χ1n) is 9.92. The first-order valence-corrected chi connectivity index (χ1v) is 9.92. The van der Waals surface area contributed by atoms with E-state index in [-0.39, 0.29) is 17.6 Å². The van der Waals surface area contributed by atoms with Gasteiger partial charge in [0.2, 0.25) is 0 Å². The highest BCUT2D eigenvalue weighted by molar-refractivity contribution is 5.94. The van der Waals surface area contributed by atoms with Gasteiger partial charge in [0, 0.05) is 25.9 Å². The van der Waals surface area contributed by atoms with Crippen LogP contribution in [0, 0.1) is 12.7 Å². The quantitative estimate of drug-likeness (QED) is 0.852. The van der Waals surface area contributed by atoms with Crippen LogP contribution < -0.4 is 0 Å². The Morgan fingerprint density at radius 1 is 1.18 bits per heavy atom. The Balaban J connectivity index is 1.45. The number of piperidine rings is 1. The SMILES string of the molecule is Cc1ccc(C(=O)N2CCC3(CC2)C[C@H](O)C[C@H](c2ccccc2)O3)c(F)c1. The number of hydrogen-bond donors (Lipinski definition) is 1. The average molecular weight is 383 g/mol. The van der Waals surface area contributed by atoms with Gasteiger partial charge in [-0.2, -0.15) is 0 Å². The van der Waals surface area contributed by atoms with E-state index in [1.165, 1.54) is 6.07 Å². The molecule has 148 valence electrons. The molecule has 2 heterocycles. The second-order valence-electron chi connectivity index (χ2n) is 8.07. The van der Waals surface area contributed by atoms with Gasteiger partial charge in [0.05, 0.1) is 23.4 Å². The lowest BCUT2D eigenvalue weighted by Crippen LogP contribution is -2.52. The number of nitrogens with zero attached hydrogens (tertiary/aromatic N) is 1. The number of ether oxygens (including phenoxy) is 1. The Bertz CT molecular complexity index is 846. The minimum Gasteiger partial charge on any atom is -0.393 e. The van der Waals surface area contributed by atoms with Crippen LogP contribution in [0.3, 0.4) is 0 Å². The van der Waals surface area contributed by atoms with Gasteiger partial charge in [-0.3, -0.25) is 4.79 Å². The summed E-state index contributed by atoms with van der Waals surface area (Å²) in [5.74, 6) is -0.748. The minimum absolute atomic E-state index is 0.119. The van der Waals surface area contributed by atoms with Crippen molar-refractivity contribution in [2.24, 2.45) is 0 Å². The van der Waals surface area contributed by atoms with Gasteiger partial charge < -0.3 is 14.7 Å². The highest BCUT2D eigenvalue weighted by Gasteiger charge is 2.44. The third kappa shape index (κ3) is 3.82. The molecule has 4 nitrogen and oxygen atoms in total. The van der Waals surface area contributed by atoms with Gasteiger partial charge in [-0.25, -0.2) is 4.39 Å². The van der Waals surface area contributed by atoms with E-state index in [0.717, 1.165) is 11.1 Å². The molecule has 1 amide bonds. The van der Waals surface area contributed by atoms with Crippen LogP contribution >= 0.6 is 0 Å². The zero-order valence-electron chi connectivity index (χ0n) is 16.1. The van der Waals surface area contributed by atoms with Gasteiger partial charge in [0.15, 0.2) is 0 Å². The van der Waals surface area contributed by atoms with Gasteiger partial charge in [-0.1, -0.05) is 36.4 Å². The first kappa shape index (κ1) is 19.1. The van der Waals surface area contributed by atoms with E-state index in [9.17, 15) is 14.3 Å². The molecule has 2 fully saturated rings. The van der Waals surface area contributed by atoms with E-state index < -0.39 is 17.5 Å². The molecule has 1 spiro atoms. The molecule has 2 saturated heterocycles. The Labute approximate surface area is 164 Å². The number of rotatable bonds is 2. The molecule has 28 heavy (non-hydrogen) atoms. The Morgan fingerprint density at radius 3 is 2.57 bits per heavy atom.